The molecule has 2 aromatic heterocycles. The highest BCUT2D eigenvalue weighted by molar-refractivity contribution is 6.08. The number of fused-ring (bicyclic) bond motifs is 1. The fourth-order valence-electron chi connectivity index (χ4n) is 2.61. The molecule has 22 heavy (non-hydrogen) atoms. The van der Waals surface area contributed by atoms with Crippen LogP contribution in [-0.4, -0.2) is 22.5 Å². The van der Waals surface area contributed by atoms with E-state index in [0.29, 0.717) is 11.3 Å². The van der Waals surface area contributed by atoms with Crippen molar-refractivity contribution in [1.82, 2.24) is 14.9 Å². The second-order valence-electron chi connectivity index (χ2n) is 4.93. The highest BCUT2D eigenvalue weighted by Gasteiger charge is 2.21. The van der Waals surface area contributed by atoms with Gasteiger partial charge >= 0.3 is 0 Å². The molecule has 0 unspecified atom stereocenters. The molecule has 1 N–H and O–H groups in total. The minimum Gasteiger partial charge on any atom is -0.355 e. The van der Waals surface area contributed by atoms with Crippen molar-refractivity contribution >= 4 is 16.8 Å². The van der Waals surface area contributed by atoms with Crippen LogP contribution in [0.5, 0.6) is 0 Å². The molecule has 0 aliphatic rings. The lowest BCUT2D eigenvalue weighted by Gasteiger charge is -2.14. The summed E-state index contributed by atoms with van der Waals surface area (Å²) in [6, 6.07) is 12.9. The van der Waals surface area contributed by atoms with Gasteiger partial charge in [0.2, 0.25) is 0 Å². The lowest BCUT2D eigenvalue weighted by molar-refractivity contribution is 0.0962. The van der Waals surface area contributed by atoms with Gasteiger partial charge in [-0.15, -0.1) is 0 Å². The molecule has 3 aromatic rings. The van der Waals surface area contributed by atoms with E-state index in [2.05, 4.69) is 10.3 Å². The number of nitrogens with one attached hydrogen (secondary N) is 1. The van der Waals surface area contributed by atoms with Crippen molar-refractivity contribution in [3.8, 4) is 11.3 Å². The SMILES string of the molecule is CNC(=O)c1c(-c2ccccn2)c2ccccc2n(C)c1=O. The summed E-state index contributed by atoms with van der Waals surface area (Å²) in [5, 5.41) is 3.37. The molecule has 2 heterocycles. The molecule has 0 atom stereocenters. The highest BCUT2D eigenvalue weighted by Crippen LogP contribution is 2.28. The van der Waals surface area contributed by atoms with Crippen molar-refractivity contribution in [2.24, 2.45) is 7.05 Å². The van der Waals surface area contributed by atoms with Gasteiger partial charge < -0.3 is 9.88 Å². The topological polar surface area (TPSA) is 64.0 Å². The third-order valence-corrected chi connectivity index (χ3v) is 3.68. The Bertz CT molecular complexity index is 914. The number of para-hydroxylation sites is 1. The Morgan fingerprint density at radius 2 is 1.86 bits per heavy atom. The zero-order chi connectivity index (χ0) is 15.7. The number of carbonyl (C=O) groups excluding carboxylic acids is 1. The summed E-state index contributed by atoms with van der Waals surface area (Å²) in [4.78, 5) is 29.2. The van der Waals surface area contributed by atoms with Gasteiger partial charge in [0.25, 0.3) is 11.5 Å². The number of amides is 1. The number of hydrogen-bond acceptors (Lipinski definition) is 3. The molecule has 0 bridgehead atoms. The molecule has 110 valence electrons. The van der Waals surface area contributed by atoms with Gasteiger partial charge in [-0.25, -0.2) is 0 Å². The van der Waals surface area contributed by atoms with Crippen molar-refractivity contribution in [3.05, 3.63) is 64.6 Å². The van der Waals surface area contributed by atoms with Crippen LogP contribution >= 0.6 is 0 Å². The molecule has 0 saturated heterocycles. The Labute approximate surface area is 127 Å². The number of rotatable bonds is 2. The van der Waals surface area contributed by atoms with Gasteiger partial charge in [0.05, 0.1) is 11.2 Å². The fraction of sp³-hybridized carbons (Fsp3) is 0.118. The predicted octanol–water partition coefficient (Wildman–Crippen LogP) is 1.96. The van der Waals surface area contributed by atoms with Crippen LogP contribution in [-0.2, 0) is 7.05 Å². The minimum absolute atomic E-state index is 0.113. The maximum atomic E-state index is 12.7. The van der Waals surface area contributed by atoms with E-state index in [-0.39, 0.29) is 11.1 Å². The van der Waals surface area contributed by atoms with E-state index in [0.717, 1.165) is 10.9 Å². The Morgan fingerprint density at radius 3 is 2.55 bits per heavy atom. The van der Waals surface area contributed by atoms with Gasteiger partial charge in [-0.05, 0) is 18.2 Å². The summed E-state index contributed by atoms with van der Waals surface area (Å²) >= 11 is 0. The summed E-state index contributed by atoms with van der Waals surface area (Å²) in [5.41, 5.74) is 1.72. The normalized spacial score (nSPS) is 10.6. The minimum atomic E-state index is -0.410. The van der Waals surface area contributed by atoms with Crippen LogP contribution in [0.15, 0.2) is 53.5 Å². The molecule has 1 aromatic carbocycles. The number of carbonyl (C=O) groups is 1. The quantitative estimate of drug-likeness (QED) is 0.785. The first-order chi connectivity index (χ1) is 10.6. The summed E-state index contributed by atoms with van der Waals surface area (Å²) in [7, 11) is 3.18. The third kappa shape index (κ3) is 2.07. The predicted molar refractivity (Wildman–Crippen MR) is 85.8 cm³/mol. The first kappa shape index (κ1) is 14.0. The molecule has 0 spiro atoms. The zero-order valence-corrected chi connectivity index (χ0v) is 12.3. The molecular weight excluding hydrogens is 278 g/mol. The summed E-state index contributed by atoms with van der Waals surface area (Å²) < 4.78 is 1.49. The summed E-state index contributed by atoms with van der Waals surface area (Å²) in [6.45, 7) is 0. The lowest BCUT2D eigenvalue weighted by Crippen LogP contribution is -2.31. The maximum absolute atomic E-state index is 12.7. The molecule has 0 saturated carbocycles. The van der Waals surface area contributed by atoms with E-state index in [4.69, 9.17) is 0 Å². The molecule has 5 nitrogen and oxygen atoms in total. The Hall–Kier alpha value is -2.95. The van der Waals surface area contributed by atoms with Crippen molar-refractivity contribution in [2.45, 2.75) is 0 Å². The first-order valence-corrected chi connectivity index (χ1v) is 6.90. The van der Waals surface area contributed by atoms with Crippen LogP contribution in [0.4, 0.5) is 0 Å². The van der Waals surface area contributed by atoms with Crippen LogP contribution in [0.3, 0.4) is 0 Å². The smallest absolute Gasteiger partial charge is 0.264 e. The number of hydrogen-bond donors (Lipinski definition) is 1. The number of aromatic nitrogens is 2. The second-order valence-corrected chi connectivity index (χ2v) is 4.93. The van der Waals surface area contributed by atoms with Crippen molar-refractivity contribution in [3.63, 3.8) is 0 Å². The number of aryl methyl sites for hydroxylation is 1. The Kier molecular flexibility index (Phi) is 3.47. The monoisotopic (exact) mass is 293 g/mol. The molecule has 1 amide bonds. The van der Waals surface area contributed by atoms with Gasteiger partial charge in [0, 0.05) is 31.2 Å². The van der Waals surface area contributed by atoms with Crippen LogP contribution in [0.1, 0.15) is 10.4 Å². The number of pyridine rings is 2. The average molecular weight is 293 g/mol. The number of benzene rings is 1. The van der Waals surface area contributed by atoms with E-state index < -0.39 is 5.91 Å². The fourth-order valence-corrected chi connectivity index (χ4v) is 2.61. The summed E-state index contributed by atoms with van der Waals surface area (Å²) in [5.74, 6) is -0.410. The highest BCUT2D eigenvalue weighted by atomic mass is 16.2. The molecule has 0 radical (unpaired) electrons. The van der Waals surface area contributed by atoms with Crippen LogP contribution < -0.4 is 10.9 Å². The van der Waals surface area contributed by atoms with Crippen LogP contribution in [0.2, 0.25) is 0 Å². The van der Waals surface area contributed by atoms with E-state index >= 15 is 0 Å². The molecule has 0 aliphatic carbocycles. The molecule has 3 rings (SSSR count). The third-order valence-electron chi connectivity index (χ3n) is 3.68. The van der Waals surface area contributed by atoms with Gasteiger partial charge in [-0.2, -0.15) is 0 Å². The van der Waals surface area contributed by atoms with Crippen molar-refractivity contribution in [2.75, 3.05) is 7.05 Å². The number of nitrogens with zero attached hydrogens (tertiary/aromatic N) is 2. The van der Waals surface area contributed by atoms with Gasteiger partial charge in [-0.3, -0.25) is 14.6 Å². The second kappa shape index (κ2) is 5.44. The lowest BCUT2D eigenvalue weighted by atomic mass is 9.99. The summed E-state index contributed by atoms with van der Waals surface area (Å²) in [6.07, 6.45) is 1.65. The molecular formula is C17H15N3O2. The molecule has 5 heteroatoms. The zero-order valence-electron chi connectivity index (χ0n) is 12.3. The first-order valence-electron chi connectivity index (χ1n) is 6.90. The Balaban J connectivity index is 2.54. The van der Waals surface area contributed by atoms with Gasteiger partial charge in [0.15, 0.2) is 0 Å². The molecule has 0 fully saturated rings. The van der Waals surface area contributed by atoms with E-state index in [1.165, 1.54) is 11.6 Å². The van der Waals surface area contributed by atoms with Gasteiger partial charge in [0.1, 0.15) is 5.56 Å². The van der Waals surface area contributed by atoms with Crippen molar-refractivity contribution < 1.29 is 4.79 Å². The van der Waals surface area contributed by atoms with E-state index in [1.54, 1.807) is 25.4 Å². The van der Waals surface area contributed by atoms with Crippen LogP contribution in [0, 0.1) is 0 Å². The van der Waals surface area contributed by atoms with E-state index in [1.807, 2.05) is 30.3 Å². The largest absolute Gasteiger partial charge is 0.355 e. The van der Waals surface area contributed by atoms with Gasteiger partial charge in [-0.1, -0.05) is 24.3 Å². The molecule has 0 aliphatic heterocycles. The van der Waals surface area contributed by atoms with Crippen LogP contribution in [0.25, 0.3) is 22.2 Å². The van der Waals surface area contributed by atoms with E-state index in [9.17, 15) is 9.59 Å². The van der Waals surface area contributed by atoms with Crippen molar-refractivity contribution in [1.29, 1.82) is 0 Å². The maximum Gasteiger partial charge on any atom is 0.264 e. The Morgan fingerprint density at radius 1 is 1.14 bits per heavy atom. The average Bonchev–Trinajstić information content (AvgIpc) is 2.58. The standard InChI is InChI=1S/C17H15N3O2/c1-18-16(21)15-14(12-8-5-6-10-19-12)11-7-3-4-9-13(11)20(2)17(15)22/h3-10H,1-2H3,(H,18,21).